The first kappa shape index (κ1) is 12.9. The molecule has 1 fully saturated rings. The fourth-order valence-electron chi connectivity index (χ4n) is 2.83. The molecule has 18 heavy (non-hydrogen) atoms. The number of carbonyl (C=O) groups is 1. The second kappa shape index (κ2) is 5.42. The largest absolute Gasteiger partial charge is 0.508 e. The number of esters is 1. The van der Waals surface area contributed by atoms with Crippen molar-refractivity contribution in [3.63, 3.8) is 0 Å². The van der Waals surface area contributed by atoms with Crippen LogP contribution in [0.5, 0.6) is 5.75 Å². The van der Waals surface area contributed by atoms with Crippen molar-refractivity contribution < 1.29 is 14.6 Å². The third-order valence-electron chi connectivity index (χ3n) is 4.02. The van der Waals surface area contributed by atoms with Crippen LogP contribution in [0.15, 0.2) is 24.3 Å². The highest BCUT2D eigenvalue weighted by Gasteiger charge is 2.36. The maximum Gasteiger partial charge on any atom is 0.309 e. The Bertz CT molecular complexity index is 424. The number of carbonyl (C=O) groups excluding carboxylic acids is 1. The Labute approximate surface area is 108 Å². The molecule has 1 N–H and O–H groups in total. The molecule has 1 aliphatic rings. The Morgan fingerprint density at radius 1 is 1.44 bits per heavy atom. The average molecular weight is 248 g/mol. The second-order valence-electron chi connectivity index (χ2n) is 5.12. The van der Waals surface area contributed by atoms with Gasteiger partial charge < -0.3 is 9.84 Å². The number of hydrogen-bond donors (Lipinski definition) is 1. The average Bonchev–Trinajstić information content (AvgIpc) is 2.31. The molecule has 1 aromatic rings. The standard InChI is InChI=1S/C15H20O3/c1-10(15(17)18-2)14(11-5-3-6-11)12-7-4-8-13(16)9-12/h4,7-11,14,16H,3,5-6H2,1-2H3. The van der Waals surface area contributed by atoms with E-state index in [0.717, 1.165) is 18.4 Å². The molecule has 0 amide bonds. The normalized spacial score (nSPS) is 18.8. The van der Waals surface area contributed by atoms with Crippen LogP contribution in [0, 0.1) is 11.8 Å². The molecule has 3 nitrogen and oxygen atoms in total. The molecule has 2 rings (SSSR count). The fraction of sp³-hybridized carbons (Fsp3) is 0.533. The molecule has 0 radical (unpaired) electrons. The lowest BCUT2D eigenvalue weighted by Gasteiger charge is -2.36. The molecule has 2 atom stereocenters. The zero-order chi connectivity index (χ0) is 13.1. The van der Waals surface area contributed by atoms with Crippen LogP contribution in [0.4, 0.5) is 0 Å². The summed E-state index contributed by atoms with van der Waals surface area (Å²) in [6, 6.07) is 7.25. The van der Waals surface area contributed by atoms with Gasteiger partial charge in [-0.15, -0.1) is 0 Å². The van der Waals surface area contributed by atoms with Gasteiger partial charge in [0.25, 0.3) is 0 Å². The highest BCUT2D eigenvalue weighted by Crippen LogP contribution is 2.44. The first-order valence-corrected chi connectivity index (χ1v) is 6.50. The van der Waals surface area contributed by atoms with Gasteiger partial charge in [-0.25, -0.2) is 0 Å². The van der Waals surface area contributed by atoms with Crippen molar-refractivity contribution in [2.45, 2.75) is 32.1 Å². The third kappa shape index (κ3) is 2.50. The van der Waals surface area contributed by atoms with Gasteiger partial charge in [0.2, 0.25) is 0 Å². The number of hydrogen-bond acceptors (Lipinski definition) is 3. The minimum absolute atomic E-state index is 0.151. The van der Waals surface area contributed by atoms with Crippen LogP contribution in [0.3, 0.4) is 0 Å². The number of phenolic OH excluding ortho intramolecular Hbond substituents is 1. The molecule has 0 aromatic heterocycles. The lowest BCUT2D eigenvalue weighted by Crippen LogP contribution is -2.30. The fourth-order valence-corrected chi connectivity index (χ4v) is 2.83. The van der Waals surface area contributed by atoms with Crippen LogP contribution in [-0.4, -0.2) is 18.2 Å². The van der Waals surface area contributed by atoms with Gasteiger partial charge in [0.1, 0.15) is 5.75 Å². The summed E-state index contributed by atoms with van der Waals surface area (Å²) in [4.78, 5) is 11.8. The van der Waals surface area contributed by atoms with Crippen LogP contribution < -0.4 is 0 Å². The zero-order valence-electron chi connectivity index (χ0n) is 10.9. The second-order valence-corrected chi connectivity index (χ2v) is 5.12. The van der Waals surface area contributed by atoms with Crippen molar-refractivity contribution in [3.8, 4) is 5.75 Å². The van der Waals surface area contributed by atoms with Crippen molar-refractivity contribution in [2.75, 3.05) is 7.11 Å². The summed E-state index contributed by atoms with van der Waals surface area (Å²) in [5.41, 5.74) is 1.04. The van der Waals surface area contributed by atoms with Crippen molar-refractivity contribution in [1.29, 1.82) is 0 Å². The lowest BCUT2D eigenvalue weighted by atomic mass is 9.68. The maximum absolute atomic E-state index is 11.8. The molecule has 0 spiro atoms. The number of aromatic hydroxyl groups is 1. The molecule has 3 heteroatoms. The van der Waals surface area contributed by atoms with Gasteiger partial charge in [-0.2, -0.15) is 0 Å². The molecule has 2 unspecified atom stereocenters. The summed E-state index contributed by atoms with van der Waals surface area (Å²) in [6.45, 7) is 1.92. The van der Waals surface area contributed by atoms with E-state index in [1.165, 1.54) is 13.5 Å². The summed E-state index contributed by atoms with van der Waals surface area (Å²) in [7, 11) is 1.43. The van der Waals surface area contributed by atoms with Crippen LogP contribution in [0.1, 0.15) is 37.7 Å². The van der Waals surface area contributed by atoms with Crippen molar-refractivity contribution in [1.82, 2.24) is 0 Å². The van der Waals surface area contributed by atoms with Crippen molar-refractivity contribution in [2.24, 2.45) is 11.8 Å². The number of benzene rings is 1. The molecule has 0 aliphatic heterocycles. The smallest absolute Gasteiger partial charge is 0.309 e. The van der Waals surface area contributed by atoms with E-state index in [1.54, 1.807) is 12.1 Å². The maximum atomic E-state index is 11.8. The van der Waals surface area contributed by atoms with Crippen molar-refractivity contribution >= 4 is 5.97 Å². The van der Waals surface area contributed by atoms with Crippen molar-refractivity contribution in [3.05, 3.63) is 29.8 Å². The highest BCUT2D eigenvalue weighted by molar-refractivity contribution is 5.73. The van der Waals surface area contributed by atoms with Gasteiger partial charge in [-0.1, -0.05) is 25.5 Å². The Morgan fingerprint density at radius 2 is 2.17 bits per heavy atom. The molecule has 98 valence electrons. The minimum Gasteiger partial charge on any atom is -0.508 e. The quantitative estimate of drug-likeness (QED) is 0.833. The molecule has 1 aliphatic carbocycles. The molecular formula is C15H20O3. The zero-order valence-corrected chi connectivity index (χ0v) is 10.9. The first-order chi connectivity index (χ1) is 8.63. The van der Waals surface area contributed by atoms with Crippen LogP contribution in [0.25, 0.3) is 0 Å². The minimum atomic E-state index is -0.171. The number of rotatable bonds is 4. The molecule has 0 heterocycles. The van der Waals surface area contributed by atoms with Gasteiger partial charge >= 0.3 is 5.97 Å². The Hall–Kier alpha value is -1.51. The monoisotopic (exact) mass is 248 g/mol. The van der Waals surface area contributed by atoms with Gasteiger partial charge in [0.15, 0.2) is 0 Å². The van der Waals surface area contributed by atoms with Crippen LogP contribution in [-0.2, 0) is 9.53 Å². The molecule has 1 aromatic carbocycles. The summed E-state index contributed by atoms with van der Waals surface area (Å²) in [5, 5.41) is 9.60. The highest BCUT2D eigenvalue weighted by atomic mass is 16.5. The summed E-state index contributed by atoms with van der Waals surface area (Å²) in [5.74, 6) is 0.602. The van der Waals surface area contributed by atoms with E-state index in [1.807, 2.05) is 19.1 Å². The summed E-state index contributed by atoms with van der Waals surface area (Å²) < 4.78 is 4.86. The van der Waals surface area contributed by atoms with E-state index >= 15 is 0 Å². The molecular weight excluding hydrogens is 228 g/mol. The Balaban J connectivity index is 2.27. The predicted octanol–water partition coefficient (Wildman–Crippen LogP) is 3.09. The lowest BCUT2D eigenvalue weighted by molar-refractivity contribution is -0.146. The molecule has 0 saturated heterocycles. The van der Waals surface area contributed by atoms with Gasteiger partial charge in [-0.05, 0) is 42.4 Å². The van der Waals surface area contributed by atoms with E-state index in [4.69, 9.17) is 4.74 Å². The SMILES string of the molecule is COC(=O)C(C)C(c1cccc(O)c1)C1CCC1. The van der Waals surface area contributed by atoms with E-state index < -0.39 is 0 Å². The number of ether oxygens (including phenoxy) is 1. The van der Waals surface area contributed by atoms with E-state index in [2.05, 4.69) is 0 Å². The van der Waals surface area contributed by atoms with Gasteiger partial charge in [0, 0.05) is 0 Å². The third-order valence-corrected chi connectivity index (χ3v) is 4.02. The topological polar surface area (TPSA) is 46.5 Å². The van der Waals surface area contributed by atoms with Crippen LogP contribution in [0.2, 0.25) is 0 Å². The number of phenols is 1. The molecule has 0 bridgehead atoms. The summed E-state index contributed by atoms with van der Waals surface area (Å²) >= 11 is 0. The van der Waals surface area contributed by atoms with E-state index in [0.29, 0.717) is 5.92 Å². The van der Waals surface area contributed by atoms with E-state index in [-0.39, 0.29) is 23.6 Å². The Kier molecular flexibility index (Phi) is 3.90. The van der Waals surface area contributed by atoms with Crippen LogP contribution >= 0.6 is 0 Å². The van der Waals surface area contributed by atoms with E-state index in [9.17, 15) is 9.90 Å². The summed E-state index contributed by atoms with van der Waals surface area (Å²) in [6.07, 6.45) is 3.54. The molecule has 1 saturated carbocycles. The number of methoxy groups -OCH3 is 1. The van der Waals surface area contributed by atoms with Gasteiger partial charge in [-0.3, -0.25) is 4.79 Å². The van der Waals surface area contributed by atoms with Gasteiger partial charge in [0.05, 0.1) is 13.0 Å². The first-order valence-electron chi connectivity index (χ1n) is 6.50. The predicted molar refractivity (Wildman–Crippen MR) is 69.4 cm³/mol. The Morgan fingerprint density at radius 3 is 2.67 bits per heavy atom.